The Kier molecular flexibility index (Phi) is 7.38. The third-order valence-electron chi connectivity index (χ3n) is 3.86. The van der Waals surface area contributed by atoms with Gasteiger partial charge in [0.25, 0.3) is 0 Å². The standard InChI is InChI=1S/C21H22N2O3/c1-2-3-14-26-21(25)18-9-11-19(12-10-18)23-20(24)13-8-16-4-6-17(15-22)7-5-16/h4-7,9-12H,2-3,8,13-14H2,1H3,(H,23,24). The Labute approximate surface area is 153 Å². The van der Waals surface area contributed by atoms with Gasteiger partial charge in [-0.3, -0.25) is 4.79 Å². The Hall–Kier alpha value is -3.13. The number of nitrogens with one attached hydrogen (secondary N) is 1. The van der Waals surface area contributed by atoms with Crippen LogP contribution in [0.3, 0.4) is 0 Å². The van der Waals surface area contributed by atoms with Gasteiger partial charge in [-0.1, -0.05) is 25.5 Å². The zero-order valence-electron chi connectivity index (χ0n) is 14.8. The van der Waals surface area contributed by atoms with E-state index in [4.69, 9.17) is 10.00 Å². The van der Waals surface area contributed by atoms with E-state index in [0.29, 0.717) is 36.3 Å². The third kappa shape index (κ3) is 6.06. The number of nitriles is 1. The first kappa shape index (κ1) is 19.2. The van der Waals surface area contributed by atoms with Gasteiger partial charge < -0.3 is 10.1 Å². The minimum absolute atomic E-state index is 0.104. The summed E-state index contributed by atoms with van der Waals surface area (Å²) in [5, 5.41) is 11.6. The quantitative estimate of drug-likeness (QED) is 0.574. The lowest BCUT2D eigenvalue weighted by Gasteiger charge is -2.07. The highest BCUT2D eigenvalue weighted by atomic mass is 16.5. The van der Waals surface area contributed by atoms with E-state index in [2.05, 4.69) is 11.4 Å². The van der Waals surface area contributed by atoms with E-state index in [1.54, 1.807) is 36.4 Å². The minimum Gasteiger partial charge on any atom is -0.462 e. The summed E-state index contributed by atoms with van der Waals surface area (Å²) in [5.74, 6) is -0.454. The van der Waals surface area contributed by atoms with Gasteiger partial charge in [0.15, 0.2) is 0 Å². The Morgan fingerprint density at radius 2 is 1.77 bits per heavy atom. The van der Waals surface area contributed by atoms with E-state index in [9.17, 15) is 9.59 Å². The van der Waals surface area contributed by atoms with E-state index >= 15 is 0 Å². The average Bonchev–Trinajstić information content (AvgIpc) is 2.67. The predicted octanol–water partition coefficient (Wildman–Crippen LogP) is 4.09. The molecule has 1 N–H and O–H groups in total. The SMILES string of the molecule is CCCCOC(=O)c1ccc(NC(=O)CCc2ccc(C#N)cc2)cc1. The van der Waals surface area contributed by atoms with Gasteiger partial charge in [0.05, 0.1) is 23.8 Å². The smallest absolute Gasteiger partial charge is 0.338 e. The molecule has 0 bridgehead atoms. The number of benzene rings is 2. The monoisotopic (exact) mass is 350 g/mol. The van der Waals surface area contributed by atoms with Crippen molar-refractivity contribution in [2.75, 3.05) is 11.9 Å². The minimum atomic E-state index is -0.350. The van der Waals surface area contributed by atoms with Crippen molar-refractivity contribution >= 4 is 17.6 Å². The lowest BCUT2D eigenvalue weighted by Crippen LogP contribution is -2.12. The lowest BCUT2D eigenvalue weighted by molar-refractivity contribution is -0.116. The Balaban J connectivity index is 1.81. The molecule has 134 valence electrons. The van der Waals surface area contributed by atoms with Gasteiger partial charge in [0.1, 0.15) is 0 Å². The van der Waals surface area contributed by atoms with Crippen molar-refractivity contribution in [1.29, 1.82) is 5.26 Å². The number of hydrogen-bond donors (Lipinski definition) is 1. The second-order valence-electron chi connectivity index (χ2n) is 5.92. The molecule has 26 heavy (non-hydrogen) atoms. The highest BCUT2D eigenvalue weighted by molar-refractivity contribution is 5.93. The van der Waals surface area contributed by atoms with Crippen LogP contribution in [-0.4, -0.2) is 18.5 Å². The van der Waals surface area contributed by atoms with Crippen LogP contribution in [0.4, 0.5) is 5.69 Å². The molecule has 0 aliphatic heterocycles. The van der Waals surface area contributed by atoms with Gasteiger partial charge in [-0.15, -0.1) is 0 Å². The lowest BCUT2D eigenvalue weighted by atomic mass is 10.1. The highest BCUT2D eigenvalue weighted by Gasteiger charge is 2.08. The molecule has 2 rings (SSSR count). The second kappa shape index (κ2) is 10.00. The van der Waals surface area contributed by atoms with Gasteiger partial charge >= 0.3 is 5.97 Å². The highest BCUT2D eigenvalue weighted by Crippen LogP contribution is 2.12. The van der Waals surface area contributed by atoms with E-state index < -0.39 is 0 Å². The van der Waals surface area contributed by atoms with Crippen LogP contribution >= 0.6 is 0 Å². The van der Waals surface area contributed by atoms with Crippen LogP contribution in [-0.2, 0) is 16.0 Å². The molecule has 0 heterocycles. The number of rotatable bonds is 8. The molecular formula is C21H22N2O3. The van der Waals surface area contributed by atoms with Gasteiger partial charge in [-0.05, 0) is 54.8 Å². The van der Waals surface area contributed by atoms with Crippen molar-refractivity contribution < 1.29 is 14.3 Å². The summed E-state index contributed by atoms with van der Waals surface area (Å²) < 4.78 is 5.15. The number of carbonyl (C=O) groups excluding carboxylic acids is 2. The van der Waals surface area contributed by atoms with Crippen LogP contribution in [0, 0.1) is 11.3 Å². The zero-order valence-corrected chi connectivity index (χ0v) is 14.8. The first-order chi connectivity index (χ1) is 12.6. The Bertz CT molecular complexity index is 774. The molecule has 0 aliphatic carbocycles. The molecule has 0 spiro atoms. The number of esters is 1. The van der Waals surface area contributed by atoms with Crippen LogP contribution in [0.1, 0.15) is 47.7 Å². The third-order valence-corrected chi connectivity index (χ3v) is 3.86. The van der Waals surface area contributed by atoms with Crippen LogP contribution in [0.15, 0.2) is 48.5 Å². The molecule has 0 radical (unpaired) electrons. The molecule has 5 nitrogen and oxygen atoms in total. The summed E-state index contributed by atoms with van der Waals surface area (Å²) in [5.41, 5.74) is 2.72. The second-order valence-corrected chi connectivity index (χ2v) is 5.92. The van der Waals surface area contributed by atoms with Crippen LogP contribution < -0.4 is 5.32 Å². The molecule has 0 saturated carbocycles. The Morgan fingerprint density at radius 3 is 2.38 bits per heavy atom. The number of unbranched alkanes of at least 4 members (excludes halogenated alkanes) is 1. The molecular weight excluding hydrogens is 328 g/mol. The molecule has 0 atom stereocenters. The summed E-state index contributed by atoms with van der Waals surface area (Å²) in [4.78, 5) is 23.9. The molecule has 5 heteroatoms. The molecule has 2 aromatic carbocycles. The summed E-state index contributed by atoms with van der Waals surface area (Å²) >= 11 is 0. The normalized spacial score (nSPS) is 10.0. The van der Waals surface area contributed by atoms with Crippen molar-refractivity contribution in [3.63, 3.8) is 0 Å². The van der Waals surface area contributed by atoms with Crippen molar-refractivity contribution in [1.82, 2.24) is 0 Å². The fraction of sp³-hybridized carbons (Fsp3) is 0.286. The topological polar surface area (TPSA) is 79.2 Å². The van der Waals surface area contributed by atoms with Crippen LogP contribution in [0.5, 0.6) is 0 Å². The maximum Gasteiger partial charge on any atom is 0.338 e. The van der Waals surface area contributed by atoms with E-state index in [1.807, 2.05) is 19.1 Å². The number of aryl methyl sites for hydroxylation is 1. The van der Waals surface area contributed by atoms with Crippen molar-refractivity contribution in [2.24, 2.45) is 0 Å². The fourth-order valence-electron chi connectivity index (χ4n) is 2.31. The van der Waals surface area contributed by atoms with Crippen molar-refractivity contribution in [2.45, 2.75) is 32.6 Å². The number of nitrogens with zero attached hydrogens (tertiary/aromatic N) is 1. The van der Waals surface area contributed by atoms with E-state index in [0.717, 1.165) is 18.4 Å². The first-order valence-electron chi connectivity index (χ1n) is 8.68. The summed E-state index contributed by atoms with van der Waals surface area (Å²) in [6.45, 7) is 2.45. The maximum absolute atomic E-state index is 12.0. The number of ether oxygens (including phenoxy) is 1. The molecule has 2 aromatic rings. The molecule has 1 amide bonds. The molecule has 0 aromatic heterocycles. The summed E-state index contributed by atoms with van der Waals surface area (Å²) in [6.07, 6.45) is 2.76. The van der Waals surface area contributed by atoms with Crippen molar-refractivity contribution in [3.8, 4) is 6.07 Å². The van der Waals surface area contributed by atoms with Crippen LogP contribution in [0.25, 0.3) is 0 Å². The Morgan fingerprint density at radius 1 is 1.08 bits per heavy atom. The molecule has 0 unspecified atom stereocenters. The number of anilines is 1. The van der Waals surface area contributed by atoms with Gasteiger partial charge in [-0.25, -0.2) is 4.79 Å². The average molecular weight is 350 g/mol. The summed E-state index contributed by atoms with van der Waals surface area (Å²) in [6, 6.07) is 15.9. The molecule has 0 fully saturated rings. The first-order valence-corrected chi connectivity index (χ1v) is 8.68. The maximum atomic E-state index is 12.0. The fourth-order valence-corrected chi connectivity index (χ4v) is 2.31. The predicted molar refractivity (Wildman–Crippen MR) is 99.7 cm³/mol. The van der Waals surface area contributed by atoms with Gasteiger partial charge in [0, 0.05) is 12.1 Å². The number of hydrogen-bond acceptors (Lipinski definition) is 4. The number of amides is 1. The molecule has 0 aliphatic rings. The zero-order chi connectivity index (χ0) is 18.8. The molecule has 0 saturated heterocycles. The number of carbonyl (C=O) groups is 2. The van der Waals surface area contributed by atoms with Crippen molar-refractivity contribution in [3.05, 3.63) is 65.2 Å². The van der Waals surface area contributed by atoms with Gasteiger partial charge in [-0.2, -0.15) is 5.26 Å². The van der Waals surface area contributed by atoms with E-state index in [1.165, 1.54) is 0 Å². The van der Waals surface area contributed by atoms with E-state index in [-0.39, 0.29) is 11.9 Å². The summed E-state index contributed by atoms with van der Waals surface area (Å²) in [7, 11) is 0. The van der Waals surface area contributed by atoms with Gasteiger partial charge in [0.2, 0.25) is 5.91 Å². The van der Waals surface area contributed by atoms with Crippen LogP contribution in [0.2, 0.25) is 0 Å². The largest absolute Gasteiger partial charge is 0.462 e.